The zero-order valence-electron chi connectivity index (χ0n) is 20.0. The van der Waals surface area contributed by atoms with Gasteiger partial charge in [-0.2, -0.15) is 0 Å². The third kappa shape index (κ3) is 6.85. The predicted octanol–water partition coefficient (Wildman–Crippen LogP) is 4.92. The number of amides is 2. The van der Waals surface area contributed by atoms with Crippen LogP contribution in [0.5, 0.6) is 5.75 Å². The molecule has 176 valence electrons. The standard InChI is InChI=1S/C27H34N2O4/c1-6-21-12-13-24(32-19-22-10-8-7-9-11-22)23(16-21)17-25(30)28-14-15-29(20(2)18-28)26(31)33-27(3,4)5/h6-13,16,20H,1,14-15,17-19H2,2-5H3/t20-/m1/s1. The molecule has 1 saturated heterocycles. The van der Waals surface area contributed by atoms with Crippen LogP contribution in [0.25, 0.3) is 6.08 Å². The predicted molar refractivity (Wildman–Crippen MR) is 130 cm³/mol. The van der Waals surface area contributed by atoms with Crippen LogP contribution in [0.2, 0.25) is 0 Å². The van der Waals surface area contributed by atoms with Crippen LogP contribution in [0.4, 0.5) is 4.79 Å². The first-order chi connectivity index (χ1) is 15.7. The highest BCUT2D eigenvalue weighted by molar-refractivity contribution is 5.80. The Bertz CT molecular complexity index is 981. The molecule has 0 bridgehead atoms. The number of carbonyl (C=O) groups is 2. The van der Waals surface area contributed by atoms with E-state index >= 15 is 0 Å². The van der Waals surface area contributed by atoms with E-state index in [1.165, 1.54) is 0 Å². The zero-order valence-corrected chi connectivity index (χ0v) is 20.0. The van der Waals surface area contributed by atoms with Crippen molar-refractivity contribution in [3.05, 3.63) is 71.8 Å². The lowest BCUT2D eigenvalue weighted by Gasteiger charge is -2.40. The lowest BCUT2D eigenvalue weighted by molar-refractivity contribution is -0.133. The smallest absolute Gasteiger partial charge is 0.410 e. The first kappa shape index (κ1) is 24.4. The molecule has 6 heteroatoms. The molecular formula is C27H34N2O4. The SMILES string of the molecule is C=Cc1ccc(OCc2ccccc2)c(CC(=O)N2CCN(C(=O)OC(C)(C)C)[C@H](C)C2)c1. The van der Waals surface area contributed by atoms with Crippen molar-refractivity contribution >= 4 is 18.1 Å². The second-order valence-electron chi connectivity index (χ2n) is 9.38. The van der Waals surface area contributed by atoms with Gasteiger partial charge in [0.15, 0.2) is 0 Å². The van der Waals surface area contributed by atoms with Gasteiger partial charge in [0.2, 0.25) is 5.91 Å². The molecule has 1 atom stereocenters. The molecule has 0 aromatic heterocycles. The fourth-order valence-electron chi connectivity index (χ4n) is 3.79. The number of rotatable bonds is 6. The Morgan fingerprint density at radius 2 is 1.85 bits per heavy atom. The Balaban J connectivity index is 1.65. The van der Waals surface area contributed by atoms with Crippen molar-refractivity contribution in [2.75, 3.05) is 19.6 Å². The highest BCUT2D eigenvalue weighted by atomic mass is 16.6. The molecule has 1 aliphatic heterocycles. The number of hydrogen-bond acceptors (Lipinski definition) is 4. The second kappa shape index (κ2) is 10.6. The molecule has 3 rings (SSSR count). The maximum absolute atomic E-state index is 13.2. The van der Waals surface area contributed by atoms with Crippen LogP contribution >= 0.6 is 0 Å². The van der Waals surface area contributed by atoms with Crippen molar-refractivity contribution in [1.82, 2.24) is 9.80 Å². The van der Waals surface area contributed by atoms with Gasteiger partial charge in [0.1, 0.15) is 18.0 Å². The molecule has 0 radical (unpaired) electrons. The third-order valence-corrected chi connectivity index (χ3v) is 5.51. The van der Waals surface area contributed by atoms with Gasteiger partial charge in [-0.15, -0.1) is 0 Å². The van der Waals surface area contributed by atoms with Crippen molar-refractivity contribution in [3.63, 3.8) is 0 Å². The van der Waals surface area contributed by atoms with Gasteiger partial charge in [0.25, 0.3) is 0 Å². The van der Waals surface area contributed by atoms with E-state index in [0.29, 0.717) is 32.0 Å². The van der Waals surface area contributed by atoms with Crippen molar-refractivity contribution in [2.24, 2.45) is 0 Å². The fraction of sp³-hybridized carbons (Fsp3) is 0.407. The van der Waals surface area contributed by atoms with Crippen LogP contribution in [0, 0.1) is 0 Å². The van der Waals surface area contributed by atoms with Crippen LogP contribution in [-0.4, -0.2) is 53.1 Å². The van der Waals surface area contributed by atoms with Crippen LogP contribution in [-0.2, 0) is 22.6 Å². The highest BCUT2D eigenvalue weighted by Gasteiger charge is 2.32. The van der Waals surface area contributed by atoms with Crippen LogP contribution < -0.4 is 4.74 Å². The van der Waals surface area contributed by atoms with Crippen molar-refractivity contribution in [1.29, 1.82) is 0 Å². The number of nitrogens with zero attached hydrogens (tertiary/aromatic N) is 2. The molecule has 1 fully saturated rings. The number of carbonyl (C=O) groups excluding carboxylic acids is 2. The van der Waals surface area contributed by atoms with E-state index in [0.717, 1.165) is 16.7 Å². The summed E-state index contributed by atoms with van der Waals surface area (Å²) in [5, 5.41) is 0. The molecule has 0 spiro atoms. The summed E-state index contributed by atoms with van der Waals surface area (Å²) in [4.78, 5) is 29.1. The summed E-state index contributed by atoms with van der Waals surface area (Å²) in [5.41, 5.74) is 2.29. The molecule has 0 unspecified atom stereocenters. The maximum atomic E-state index is 13.2. The monoisotopic (exact) mass is 450 g/mol. The second-order valence-corrected chi connectivity index (χ2v) is 9.38. The minimum atomic E-state index is -0.546. The minimum Gasteiger partial charge on any atom is -0.489 e. The molecule has 2 aromatic carbocycles. The Morgan fingerprint density at radius 3 is 2.48 bits per heavy atom. The van der Waals surface area contributed by atoms with Gasteiger partial charge in [0, 0.05) is 31.2 Å². The van der Waals surface area contributed by atoms with Crippen LogP contribution in [0.3, 0.4) is 0 Å². The Labute approximate surface area is 196 Å². The Kier molecular flexibility index (Phi) is 7.79. The molecule has 1 aliphatic rings. The summed E-state index contributed by atoms with van der Waals surface area (Å²) in [6.07, 6.45) is 1.65. The highest BCUT2D eigenvalue weighted by Crippen LogP contribution is 2.24. The average molecular weight is 451 g/mol. The van der Waals surface area contributed by atoms with E-state index in [-0.39, 0.29) is 24.5 Å². The van der Waals surface area contributed by atoms with Crippen molar-refractivity contribution in [2.45, 2.75) is 52.4 Å². The molecule has 0 aliphatic carbocycles. The van der Waals surface area contributed by atoms with E-state index in [1.54, 1.807) is 11.0 Å². The van der Waals surface area contributed by atoms with Gasteiger partial charge >= 0.3 is 6.09 Å². The van der Waals surface area contributed by atoms with Gasteiger partial charge in [-0.05, 0) is 51.0 Å². The number of ether oxygens (including phenoxy) is 2. The normalized spacial score (nSPS) is 16.3. The van der Waals surface area contributed by atoms with Crippen molar-refractivity contribution in [3.8, 4) is 5.75 Å². The molecule has 2 aromatic rings. The molecule has 33 heavy (non-hydrogen) atoms. The van der Waals surface area contributed by atoms with E-state index in [1.807, 2.05) is 81.1 Å². The fourth-order valence-corrected chi connectivity index (χ4v) is 3.79. The molecule has 6 nitrogen and oxygen atoms in total. The Morgan fingerprint density at radius 1 is 1.12 bits per heavy atom. The third-order valence-electron chi connectivity index (χ3n) is 5.51. The summed E-state index contributed by atoms with van der Waals surface area (Å²) in [6.45, 7) is 13.2. The summed E-state index contributed by atoms with van der Waals surface area (Å²) in [5.74, 6) is 0.703. The van der Waals surface area contributed by atoms with E-state index < -0.39 is 5.60 Å². The zero-order chi connectivity index (χ0) is 24.0. The van der Waals surface area contributed by atoms with Crippen LogP contribution in [0.1, 0.15) is 44.4 Å². The average Bonchev–Trinajstić information content (AvgIpc) is 2.77. The lowest BCUT2D eigenvalue weighted by atomic mass is 10.0. The quantitative estimate of drug-likeness (QED) is 0.627. The van der Waals surface area contributed by atoms with Gasteiger partial charge in [-0.25, -0.2) is 4.79 Å². The molecule has 1 heterocycles. The van der Waals surface area contributed by atoms with Gasteiger partial charge < -0.3 is 19.3 Å². The Hall–Kier alpha value is -3.28. The first-order valence-corrected chi connectivity index (χ1v) is 11.4. The topological polar surface area (TPSA) is 59.1 Å². The van der Waals surface area contributed by atoms with Crippen LogP contribution in [0.15, 0.2) is 55.1 Å². The number of piperazine rings is 1. The molecule has 2 amide bonds. The van der Waals surface area contributed by atoms with Crippen molar-refractivity contribution < 1.29 is 19.1 Å². The van der Waals surface area contributed by atoms with E-state index in [9.17, 15) is 9.59 Å². The van der Waals surface area contributed by atoms with Gasteiger partial charge in [0.05, 0.1) is 6.42 Å². The number of benzene rings is 2. The minimum absolute atomic E-state index is 0.0106. The summed E-state index contributed by atoms with van der Waals surface area (Å²) >= 11 is 0. The summed E-state index contributed by atoms with van der Waals surface area (Å²) in [7, 11) is 0. The van der Waals surface area contributed by atoms with Gasteiger partial charge in [-0.3, -0.25) is 4.79 Å². The molecule has 0 N–H and O–H groups in total. The van der Waals surface area contributed by atoms with E-state index in [4.69, 9.17) is 9.47 Å². The number of hydrogen-bond donors (Lipinski definition) is 0. The molecular weight excluding hydrogens is 416 g/mol. The van der Waals surface area contributed by atoms with Gasteiger partial charge in [-0.1, -0.05) is 49.1 Å². The van der Waals surface area contributed by atoms with E-state index in [2.05, 4.69) is 6.58 Å². The molecule has 0 saturated carbocycles. The summed E-state index contributed by atoms with van der Waals surface area (Å²) in [6, 6.07) is 15.6. The maximum Gasteiger partial charge on any atom is 0.410 e. The summed E-state index contributed by atoms with van der Waals surface area (Å²) < 4.78 is 11.6. The lowest BCUT2D eigenvalue weighted by Crippen LogP contribution is -2.56. The largest absolute Gasteiger partial charge is 0.489 e. The first-order valence-electron chi connectivity index (χ1n) is 11.4.